The quantitative estimate of drug-likeness (QED) is 0.277. The molecule has 0 heteroatoms. The molecule has 3 aromatic carbocycles. The molecule has 3 rings (SSSR count). The molecule has 0 aromatic heterocycles. The molecule has 0 heterocycles. The van der Waals surface area contributed by atoms with Gasteiger partial charge in [0, 0.05) is 0 Å². The van der Waals surface area contributed by atoms with Gasteiger partial charge in [0.1, 0.15) is 0 Å². The molecular formula is C44H66. The lowest BCUT2D eigenvalue weighted by Crippen LogP contribution is -2.23. The summed E-state index contributed by atoms with van der Waals surface area (Å²) in [5.41, 5.74) is 17.1. The molecule has 0 nitrogen and oxygen atoms in total. The summed E-state index contributed by atoms with van der Waals surface area (Å²) in [5, 5.41) is 0. The van der Waals surface area contributed by atoms with Crippen LogP contribution in [-0.4, -0.2) is 0 Å². The highest BCUT2D eigenvalue weighted by Gasteiger charge is 2.33. The van der Waals surface area contributed by atoms with E-state index in [0.717, 1.165) is 0 Å². The molecule has 0 radical (unpaired) electrons. The van der Waals surface area contributed by atoms with Gasteiger partial charge < -0.3 is 0 Å². The van der Waals surface area contributed by atoms with Crippen LogP contribution in [0, 0.1) is 13.8 Å². The van der Waals surface area contributed by atoms with E-state index >= 15 is 0 Å². The summed E-state index contributed by atoms with van der Waals surface area (Å²) < 4.78 is 0. The van der Waals surface area contributed by atoms with Crippen molar-refractivity contribution in [3.05, 3.63) is 80.9 Å². The van der Waals surface area contributed by atoms with Crippen LogP contribution in [0.4, 0.5) is 0 Å². The second-order valence-corrected chi connectivity index (χ2v) is 19.9. The van der Waals surface area contributed by atoms with E-state index in [9.17, 15) is 0 Å². The van der Waals surface area contributed by atoms with Crippen LogP contribution in [0.2, 0.25) is 0 Å². The summed E-state index contributed by atoms with van der Waals surface area (Å²) in [6.45, 7) is 47.3. The van der Waals surface area contributed by atoms with Gasteiger partial charge in [-0.2, -0.15) is 0 Å². The summed E-state index contributed by atoms with van der Waals surface area (Å²) in [7, 11) is 0. The highest BCUT2D eigenvalue weighted by atomic mass is 14.4. The van der Waals surface area contributed by atoms with Gasteiger partial charge in [0.2, 0.25) is 0 Å². The molecule has 0 aliphatic carbocycles. The molecule has 0 saturated heterocycles. The SMILES string of the molecule is Cc1cc(C)c(-c2c(C(C)(C)C)cc(C(C)(C)C)cc2C(C)(C)C)cc1-c1c(C(C)(C)C)cc(C(C)(C)C)cc1C(C)(C)C. The summed E-state index contributed by atoms with van der Waals surface area (Å²) in [6.07, 6.45) is 0. The van der Waals surface area contributed by atoms with Gasteiger partial charge in [0.25, 0.3) is 0 Å². The van der Waals surface area contributed by atoms with Crippen LogP contribution in [0.15, 0.2) is 36.4 Å². The van der Waals surface area contributed by atoms with Crippen molar-refractivity contribution in [2.24, 2.45) is 0 Å². The molecule has 3 aromatic rings. The predicted octanol–water partition coefficient (Wildman–Crippen LogP) is 13.4. The third kappa shape index (κ3) is 7.37. The predicted molar refractivity (Wildman–Crippen MR) is 199 cm³/mol. The zero-order chi connectivity index (χ0) is 34.2. The minimum atomic E-state index is -0.00439. The van der Waals surface area contributed by atoms with Crippen LogP contribution in [-0.2, 0) is 32.5 Å². The van der Waals surface area contributed by atoms with E-state index < -0.39 is 0 Å². The van der Waals surface area contributed by atoms with Gasteiger partial charge in [0.05, 0.1) is 0 Å². The van der Waals surface area contributed by atoms with Crippen LogP contribution in [0.3, 0.4) is 0 Å². The summed E-state index contributed by atoms with van der Waals surface area (Å²) >= 11 is 0. The van der Waals surface area contributed by atoms with Crippen molar-refractivity contribution < 1.29 is 0 Å². The molecule has 44 heavy (non-hydrogen) atoms. The second kappa shape index (κ2) is 11.2. The van der Waals surface area contributed by atoms with E-state index in [4.69, 9.17) is 0 Å². The summed E-state index contributed by atoms with van der Waals surface area (Å²) in [4.78, 5) is 0. The molecule has 0 spiro atoms. The average Bonchev–Trinajstić information content (AvgIpc) is 2.79. The third-order valence-corrected chi connectivity index (χ3v) is 9.35. The Labute approximate surface area is 273 Å². The van der Waals surface area contributed by atoms with Crippen LogP contribution in [0.5, 0.6) is 0 Å². The van der Waals surface area contributed by atoms with Crippen LogP contribution < -0.4 is 0 Å². The van der Waals surface area contributed by atoms with Gasteiger partial charge in [-0.15, -0.1) is 0 Å². The molecule has 0 aliphatic rings. The Balaban J connectivity index is 2.65. The van der Waals surface area contributed by atoms with Crippen molar-refractivity contribution in [2.45, 2.75) is 171 Å². The normalized spacial score (nSPS) is 13.9. The van der Waals surface area contributed by atoms with Crippen molar-refractivity contribution in [1.29, 1.82) is 0 Å². The van der Waals surface area contributed by atoms with Gasteiger partial charge in [-0.3, -0.25) is 0 Å². The van der Waals surface area contributed by atoms with Gasteiger partial charge in [0.15, 0.2) is 0 Å². The largest absolute Gasteiger partial charge is 0.0561 e. The summed E-state index contributed by atoms with van der Waals surface area (Å²) in [6, 6.07) is 15.1. The lowest BCUT2D eigenvalue weighted by Gasteiger charge is -2.36. The smallest absolute Gasteiger partial charge is 0.0106 e. The topological polar surface area (TPSA) is 0 Å². The van der Waals surface area contributed by atoms with E-state index in [1.807, 2.05) is 0 Å². The fourth-order valence-corrected chi connectivity index (χ4v) is 6.49. The average molecular weight is 595 g/mol. The third-order valence-electron chi connectivity index (χ3n) is 9.35. The first-order valence-corrected chi connectivity index (χ1v) is 17.0. The maximum absolute atomic E-state index is 2.57. The van der Waals surface area contributed by atoms with E-state index in [1.54, 1.807) is 0 Å². The first-order valence-electron chi connectivity index (χ1n) is 17.0. The Kier molecular flexibility index (Phi) is 9.17. The highest BCUT2D eigenvalue weighted by molar-refractivity contribution is 5.85. The van der Waals surface area contributed by atoms with Gasteiger partial charge in [-0.25, -0.2) is 0 Å². The lowest BCUT2D eigenvalue weighted by atomic mass is 9.69. The van der Waals surface area contributed by atoms with E-state index in [1.165, 1.54) is 66.8 Å². The number of benzene rings is 3. The van der Waals surface area contributed by atoms with E-state index in [-0.39, 0.29) is 32.5 Å². The molecule has 0 saturated carbocycles. The standard InChI is InChI=1S/C44H66/c1-27-21-28(2)32(38-35(43(15,16)17)24-30(40(6,7)8)25-36(38)44(18,19)20)26-31(27)37-33(41(9,10)11)22-29(39(3,4)5)23-34(37)42(12,13)14/h21-26H,1-20H3. The van der Waals surface area contributed by atoms with Crippen molar-refractivity contribution >= 4 is 0 Å². The Morgan fingerprint density at radius 3 is 0.705 bits per heavy atom. The number of hydrogen-bond donors (Lipinski definition) is 0. The maximum atomic E-state index is 2.57. The van der Waals surface area contributed by atoms with Gasteiger partial charge in [-0.05, 0) is 119 Å². The molecule has 242 valence electrons. The Hall–Kier alpha value is -2.34. The van der Waals surface area contributed by atoms with E-state index in [2.05, 4.69) is 175 Å². The van der Waals surface area contributed by atoms with Crippen LogP contribution in [0.1, 0.15) is 169 Å². The number of aryl methyl sites for hydroxylation is 2. The second-order valence-electron chi connectivity index (χ2n) is 19.9. The highest BCUT2D eigenvalue weighted by Crippen LogP contribution is 2.49. The van der Waals surface area contributed by atoms with Crippen molar-refractivity contribution in [2.75, 3.05) is 0 Å². The van der Waals surface area contributed by atoms with Crippen LogP contribution in [0.25, 0.3) is 22.3 Å². The van der Waals surface area contributed by atoms with Gasteiger partial charge >= 0.3 is 0 Å². The Morgan fingerprint density at radius 1 is 0.295 bits per heavy atom. The van der Waals surface area contributed by atoms with Gasteiger partial charge in [-0.1, -0.05) is 155 Å². The molecular weight excluding hydrogens is 528 g/mol. The van der Waals surface area contributed by atoms with E-state index in [0.29, 0.717) is 0 Å². The van der Waals surface area contributed by atoms with Crippen molar-refractivity contribution in [1.82, 2.24) is 0 Å². The fourth-order valence-electron chi connectivity index (χ4n) is 6.49. The number of rotatable bonds is 2. The molecule has 0 unspecified atom stereocenters. The minimum absolute atomic E-state index is 0.00439. The molecule has 0 N–H and O–H groups in total. The Bertz CT molecular complexity index is 1340. The number of hydrogen-bond acceptors (Lipinski definition) is 0. The fraction of sp³-hybridized carbons (Fsp3) is 0.591. The lowest BCUT2D eigenvalue weighted by molar-refractivity contribution is 0.550. The zero-order valence-corrected chi connectivity index (χ0v) is 32.5. The van der Waals surface area contributed by atoms with Crippen molar-refractivity contribution in [3.8, 4) is 22.3 Å². The van der Waals surface area contributed by atoms with Crippen molar-refractivity contribution in [3.63, 3.8) is 0 Å². The zero-order valence-electron chi connectivity index (χ0n) is 32.5. The first-order chi connectivity index (χ1) is 19.5. The molecule has 0 atom stereocenters. The maximum Gasteiger partial charge on any atom is -0.0106 e. The first kappa shape index (κ1) is 36.1. The van der Waals surface area contributed by atoms with Crippen LogP contribution >= 0.6 is 0 Å². The molecule has 0 aliphatic heterocycles. The Morgan fingerprint density at radius 2 is 0.523 bits per heavy atom. The minimum Gasteiger partial charge on any atom is -0.0561 e. The molecule has 0 fully saturated rings. The molecule has 0 amide bonds. The summed E-state index contributed by atoms with van der Waals surface area (Å²) in [5.74, 6) is 0. The monoisotopic (exact) mass is 595 g/mol. The molecule has 0 bridgehead atoms.